The summed E-state index contributed by atoms with van der Waals surface area (Å²) in [5, 5.41) is 0. The van der Waals surface area contributed by atoms with E-state index < -0.39 is 0 Å². The van der Waals surface area contributed by atoms with Crippen molar-refractivity contribution in [1.82, 2.24) is 0 Å². The molecule has 0 saturated carbocycles. The largest absolute Gasteiger partial charge is 0.469 e. The summed E-state index contributed by atoms with van der Waals surface area (Å²) in [6.45, 7) is 0. The van der Waals surface area contributed by atoms with Crippen LogP contribution in [0.4, 0.5) is 0 Å². The predicted molar refractivity (Wildman–Crippen MR) is 79.1 cm³/mol. The van der Waals surface area contributed by atoms with Gasteiger partial charge in [-0.15, -0.1) is 11.3 Å². The Balaban J connectivity index is 1.95. The molecule has 0 aliphatic heterocycles. The second kappa shape index (κ2) is 7.01. The highest BCUT2D eigenvalue weighted by Gasteiger charge is 2.12. The first-order valence-corrected chi connectivity index (χ1v) is 7.23. The molecule has 2 rings (SSSR count). The van der Waals surface area contributed by atoms with Gasteiger partial charge in [0, 0.05) is 17.7 Å². The van der Waals surface area contributed by atoms with Crippen molar-refractivity contribution < 1.29 is 14.3 Å². The minimum absolute atomic E-state index is 0.000267. The Hall–Kier alpha value is -1.94. The SMILES string of the molecule is COC(=O)CCC(=O)c1ccc(Cc2ccccc2)s1. The van der Waals surface area contributed by atoms with Crippen molar-refractivity contribution in [3.05, 3.63) is 57.8 Å². The summed E-state index contributed by atoms with van der Waals surface area (Å²) in [7, 11) is 1.33. The van der Waals surface area contributed by atoms with E-state index in [1.807, 2.05) is 30.3 Å². The number of carbonyl (C=O) groups excluding carboxylic acids is 2. The number of thiophene rings is 1. The number of benzene rings is 1. The first-order chi connectivity index (χ1) is 9.69. The molecule has 0 radical (unpaired) electrons. The van der Waals surface area contributed by atoms with Gasteiger partial charge in [-0.2, -0.15) is 0 Å². The molecule has 0 spiro atoms. The number of esters is 1. The number of rotatable bonds is 6. The summed E-state index contributed by atoms with van der Waals surface area (Å²) < 4.78 is 4.53. The fraction of sp³-hybridized carbons (Fsp3) is 0.250. The summed E-state index contributed by atoms with van der Waals surface area (Å²) >= 11 is 1.49. The molecule has 0 bridgehead atoms. The number of Topliss-reactive ketones (excluding diaryl/α,β-unsaturated/α-hetero) is 1. The smallest absolute Gasteiger partial charge is 0.305 e. The van der Waals surface area contributed by atoms with Crippen LogP contribution in [0, 0.1) is 0 Å². The van der Waals surface area contributed by atoms with Gasteiger partial charge in [-0.25, -0.2) is 0 Å². The average Bonchev–Trinajstić information content (AvgIpc) is 2.94. The highest BCUT2D eigenvalue weighted by Crippen LogP contribution is 2.21. The summed E-state index contributed by atoms with van der Waals surface area (Å²) in [5.74, 6) is -0.348. The van der Waals surface area contributed by atoms with Crippen molar-refractivity contribution in [3.8, 4) is 0 Å². The van der Waals surface area contributed by atoms with Crippen LogP contribution in [0.1, 0.15) is 33.0 Å². The van der Waals surface area contributed by atoms with E-state index in [4.69, 9.17) is 0 Å². The van der Waals surface area contributed by atoms with Gasteiger partial charge >= 0.3 is 5.97 Å². The van der Waals surface area contributed by atoms with Crippen LogP contribution in [0.3, 0.4) is 0 Å². The second-order valence-corrected chi connectivity index (χ2v) is 5.60. The van der Waals surface area contributed by atoms with Crippen molar-refractivity contribution in [2.24, 2.45) is 0 Å². The van der Waals surface area contributed by atoms with Gasteiger partial charge < -0.3 is 4.74 Å². The van der Waals surface area contributed by atoms with E-state index in [0.717, 1.165) is 11.3 Å². The molecule has 1 heterocycles. The van der Waals surface area contributed by atoms with Crippen molar-refractivity contribution in [3.63, 3.8) is 0 Å². The predicted octanol–water partition coefficient (Wildman–Crippen LogP) is 3.47. The summed E-state index contributed by atoms with van der Waals surface area (Å²) in [6.07, 6.45) is 1.18. The van der Waals surface area contributed by atoms with Crippen LogP contribution in [0.15, 0.2) is 42.5 Å². The maximum atomic E-state index is 11.9. The Labute approximate surface area is 122 Å². The number of ketones is 1. The monoisotopic (exact) mass is 288 g/mol. The van der Waals surface area contributed by atoms with E-state index in [2.05, 4.69) is 16.9 Å². The van der Waals surface area contributed by atoms with Crippen LogP contribution >= 0.6 is 11.3 Å². The third-order valence-corrected chi connectivity index (χ3v) is 4.07. The Morgan fingerprint density at radius 1 is 1.05 bits per heavy atom. The number of hydrogen-bond donors (Lipinski definition) is 0. The standard InChI is InChI=1S/C16H16O3S/c1-19-16(18)10-8-14(17)15-9-7-13(20-15)11-12-5-3-2-4-6-12/h2-7,9H,8,10-11H2,1H3. The lowest BCUT2D eigenvalue weighted by atomic mass is 10.1. The topological polar surface area (TPSA) is 43.4 Å². The molecule has 0 atom stereocenters. The van der Waals surface area contributed by atoms with Crippen LogP contribution < -0.4 is 0 Å². The van der Waals surface area contributed by atoms with Crippen LogP contribution in [0.25, 0.3) is 0 Å². The van der Waals surface area contributed by atoms with Crippen LogP contribution in [-0.2, 0) is 16.0 Å². The Kier molecular flexibility index (Phi) is 5.07. The zero-order valence-corrected chi connectivity index (χ0v) is 12.1. The molecular weight excluding hydrogens is 272 g/mol. The lowest BCUT2D eigenvalue weighted by molar-refractivity contribution is -0.140. The fourth-order valence-corrected chi connectivity index (χ4v) is 2.87. The van der Waals surface area contributed by atoms with Crippen molar-refractivity contribution in [2.45, 2.75) is 19.3 Å². The normalized spacial score (nSPS) is 10.2. The molecule has 0 saturated heterocycles. The minimum atomic E-state index is -0.348. The van der Waals surface area contributed by atoms with Gasteiger partial charge in [0.05, 0.1) is 18.4 Å². The summed E-state index contributed by atoms with van der Waals surface area (Å²) in [5.41, 5.74) is 1.22. The van der Waals surface area contributed by atoms with Gasteiger partial charge in [0.1, 0.15) is 0 Å². The molecule has 3 nitrogen and oxygen atoms in total. The number of methoxy groups -OCH3 is 1. The molecule has 0 aliphatic rings. The van der Waals surface area contributed by atoms with Gasteiger partial charge in [0.2, 0.25) is 0 Å². The molecular formula is C16H16O3S. The number of hydrogen-bond acceptors (Lipinski definition) is 4. The number of ether oxygens (including phenoxy) is 1. The summed E-state index contributed by atoms with van der Waals surface area (Å²) in [6, 6.07) is 13.9. The molecule has 104 valence electrons. The molecule has 0 amide bonds. The van der Waals surface area contributed by atoms with E-state index in [1.165, 1.54) is 24.0 Å². The third-order valence-electron chi connectivity index (χ3n) is 2.94. The molecule has 2 aromatic rings. The Morgan fingerprint density at radius 3 is 2.50 bits per heavy atom. The van der Waals surface area contributed by atoms with Gasteiger partial charge in [-0.05, 0) is 17.7 Å². The highest BCUT2D eigenvalue weighted by molar-refractivity contribution is 7.14. The van der Waals surface area contributed by atoms with E-state index in [0.29, 0.717) is 4.88 Å². The summed E-state index contributed by atoms with van der Waals surface area (Å²) in [4.78, 5) is 24.8. The van der Waals surface area contributed by atoms with Crippen LogP contribution in [0.5, 0.6) is 0 Å². The van der Waals surface area contributed by atoms with Crippen molar-refractivity contribution in [2.75, 3.05) is 7.11 Å². The Morgan fingerprint density at radius 2 is 1.80 bits per heavy atom. The van der Waals surface area contributed by atoms with Gasteiger partial charge in [-0.1, -0.05) is 30.3 Å². The van der Waals surface area contributed by atoms with Crippen LogP contribution in [-0.4, -0.2) is 18.9 Å². The molecule has 0 unspecified atom stereocenters. The van der Waals surface area contributed by atoms with E-state index >= 15 is 0 Å². The second-order valence-electron chi connectivity index (χ2n) is 4.43. The third kappa shape index (κ3) is 4.03. The number of carbonyl (C=O) groups is 2. The lowest BCUT2D eigenvalue weighted by Gasteiger charge is -1.98. The molecule has 0 N–H and O–H groups in total. The highest BCUT2D eigenvalue weighted by atomic mass is 32.1. The maximum absolute atomic E-state index is 11.9. The molecule has 0 fully saturated rings. The van der Waals surface area contributed by atoms with Gasteiger partial charge in [0.25, 0.3) is 0 Å². The molecule has 4 heteroatoms. The molecule has 1 aromatic heterocycles. The van der Waals surface area contributed by atoms with E-state index in [1.54, 1.807) is 0 Å². The molecule has 0 aliphatic carbocycles. The van der Waals surface area contributed by atoms with E-state index in [9.17, 15) is 9.59 Å². The van der Waals surface area contributed by atoms with E-state index in [-0.39, 0.29) is 24.6 Å². The first kappa shape index (κ1) is 14.5. The maximum Gasteiger partial charge on any atom is 0.305 e. The zero-order chi connectivity index (χ0) is 14.4. The average molecular weight is 288 g/mol. The van der Waals surface area contributed by atoms with Crippen LogP contribution in [0.2, 0.25) is 0 Å². The quantitative estimate of drug-likeness (QED) is 0.604. The van der Waals surface area contributed by atoms with Gasteiger partial charge in [-0.3, -0.25) is 9.59 Å². The first-order valence-electron chi connectivity index (χ1n) is 6.41. The Bertz CT molecular complexity index is 587. The fourth-order valence-electron chi connectivity index (χ4n) is 1.86. The van der Waals surface area contributed by atoms with Gasteiger partial charge in [0.15, 0.2) is 5.78 Å². The minimum Gasteiger partial charge on any atom is -0.469 e. The lowest BCUT2D eigenvalue weighted by Crippen LogP contribution is -2.04. The molecule has 1 aromatic carbocycles. The zero-order valence-electron chi connectivity index (χ0n) is 11.3. The molecule has 20 heavy (non-hydrogen) atoms. The van der Waals surface area contributed by atoms with Crippen molar-refractivity contribution >= 4 is 23.1 Å². The van der Waals surface area contributed by atoms with Crippen molar-refractivity contribution in [1.29, 1.82) is 0 Å².